The summed E-state index contributed by atoms with van der Waals surface area (Å²) in [5.74, 6) is 0.324. The van der Waals surface area contributed by atoms with Crippen LogP contribution in [0, 0.1) is 5.41 Å². The average Bonchev–Trinajstić information content (AvgIpc) is 2.42. The minimum atomic E-state index is -0.160. The summed E-state index contributed by atoms with van der Waals surface area (Å²) in [5.41, 5.74) is 6.71. The van der Waals surface area contributed by atoms with Crippen molar-refractivity contribution in [3.05, 3.63) is 23.8 Å². The highest BCUT2D eigenvalue weighted by atomic mass is 16.5. The Morgan fingerprint density at radius 3 is 2.65 bits per heavy atom. The highest BCUT2D eigenvalue weighted by molar-refractivity contribution is 5.97. The SMILES string of the molecule is COCCC(C)(C)CNC(=O)c1ccc(N)cc1OC. The van der Waals surface area contributed by atoms with E-state index in [9.17, 15) is 4.79 Å². The van der Waals surface area contributed by atoms with E-state index in [0.29, 0.717) is 30.2 Å². The first-order chi connectivity index (χ1) is 9.39. The van der Waals surface area contributed by atoms with E-state index in [1.54, 1.807) is 25.3 Å². The van der Waals surface area contributed by atoms with Crippen LogP contribution in [-0.2, 0) is 4.74 Å². The first kappa shape index (κ1) is 16.3. The first-order valence-electron chi connectivity index (χ1n) is 6.60. The van der Waals surface area contributed by atoms with E-state index in [1.165, 1.54) is 7.11 Å². The number of methoxy groups -OCH3 is 2. The van der Waals surface area contributed by atoms with Crippen molar-refractivity contribution in [3.63, 3.8) is 0 Å². The van der Waals surface area contributed by atoms with Crippen LogP contribution in [-0.4, -0.2) is 33.3 Å². The summed E-state index contributed by atoms with van der Waals surface area (Å²) in [6.45, 7) is 5.43. The molecule has 0 aliphatic heterocycles. The third kappa shape index (κ3) is 4.74. The molecular weight excluding hydrogens is 256 g/mol. The molecule has 0 bridgehead atoms. The Labute approximate surface area is 120 Å². The zero-order valence-corrected chi connectivity index (χ0v) is 12.7. The number of carbonyl (C=O) groups is 1. The van der Waals surface area contributed by atoms with Crippen LogP contribution in [0.1, 0.15) is 30.6 Å². The lowest BCUT2D eigenvalue weighted by Crippen LogP contribution is -2.34. The van der Waals surface area contributed by atoms with Crippen molar-refractivity contribution in [3.8, 4) is 5.75 Å². The fraction of sp³-hybridized carbons (Fsp3) is 0.533. The van der Waals surface area contributed by atoms with Gasteiger partial charge in [-0.05, 0) is 24.0 Å². The molecule has 0 unspecified atom stereocenters. The monoisotopic (exact) mass is 280 g/mol. The second kappa shape index (κ2) is 7.14. The molecule has 20 heavy (non-hydrogen) atoms. The minimum absolute atomic E-state index is 0.0211. The van der Waals surface area contributed by atoms with Gasteiger partial charge >= 0.3 is 0 Å². The van der Waals surface area contributed by atoms with E-state index < -0.39 is 0 Å². The number of hydrogen-bond acceptors (Lipinski definition) is 4. The van der Waals surface area contributed by atoms with Crippen LogP contribution in [0.25, 0.3) is 0 Å². The molecule has 0 saturated heterocycles. The zero-order valence-electron chi connectivity index (χ0n) is 12.7. The van der Waals surface area contributed by atoms with Gasteiger partial charge in [-0.1, -0.05) is 13.8 Å². The lowest BCUT2D eigenvalue weighted by molar-refractivity contribution is 0.0918. The number of carbonyl (C=O) groups excluding carboxylic acids is 1. The van der Waals surface area contributed by atoms with Gasteiger partial charge in [0.2, 0.25) is 0 Å². The highest BCUT2D eigenvalue weighted by Gasteiger charge is 2.20. The third-order valence-electron chi connectivity index (χ3n) is 3.18. The van der Waals surface area contributed by atoms with Gasteiger partial charge in [-0.2, -0.15) is 0 Å². The van der Waals surface area contributed by atoms with Gasteiger partial charge in [-0.25, -0.2) is 0 Å². The molecule has 0 radical (unpaired) electrons. The summed E-state index contributed by atoms with van der Waals surface area (Å²) in [6, 6.07) is 5.00. The molecule has 0 aliphatic carbocycles. The maximum absolute atomic E-state index is 12.2. The quantitative estimate of drug-likeness (QED) is 0.750. The Morgan fingerprint density at radius 1 is 1.35 bits per heavy atom. The molecule has 0 fully saturated rings. The number of anilines is 1. The summed E-state index contributed by atoms with van der Waals surface area (Å²) < 4.78 is 10.3. The van der Waals surface area contributed by atoms with Gasteiger partial charge in [0.1, 0.15) is 5.75 Å². The number of rotatable bonds is 7. The predicted molar refractivity (Wildman–Crippen MR) is 80.0 cm³/mol. The van der Waals surface area contributed by atoms with Gasteiger partial charge in [-0.3, -0.25) is 4.79 Å². The highest BCUT2D eigenvalue weighted by Crippen LogP contribution is 2.23. The first-order valence-corrected chi connectivity index (χ1v) is 6.60. The summed E-state index contributed by atoms with van der Waals surface area (Å²) in [7, 11) is 3.20. The molecule has 0 heterocycles. The van der Waals surface area contributed by atoms with Gasteiger partial charge in [0, 0.05) is 32.0 Å². The Kier molecular flexibility index (Phi) is 5.82. The number of nitrogens with one attached hydrogen (secondary N) is 1. The number of amides is 1. The topological polar surface area (TPSA) is 73.6 Å². The van der Waals surface area contributed by atoms with E-state index in [2.05, 4.69) is 19.2 Å². The van der Waals surface area contributed by atoms with Crippen molar-refractivity contribution in [2.75, 3.05) is 33.1 Å². The largest absolute Gasteiger partial charge is 0.496 e. The van der Waals surface area contributed by atoms with Gasteiger partial charge in [0.15, 0.2) is 0 Å². The third-order valence-corrected chi connectivity index (χ3v) is 3.18. The summed E-state index contributed by atoms with van der Waals surface area (Å²) in [4.78, 5) is 12.2. The van der Waals surface area contributed by atoms with Crippen molar-refractivity contribution in [1.82, 2.24) is 5.32 Å². The Morgan fingerprint density at radius 2 is 2.05 bits per heavy atom. The maximum atomic E-state index is 12.2. The fourth-order valence-corrected chi connectivity index (χ4v) is 1.78. The van der Waals surface area contributed by atoms with Crippen LogP contribution in [0.4, 0.5) is 5.69 Å². The lowest BCUT2D eigenvalue weighted by atomic mass is 9.89. The molecule has 112 valence electrons. The fourth-order valence-electron chi connectivity index (χ4n) is 1.78. The van der Waals surface area contributed by atoms with Crippen LogP contribution in [0.3, 0.4) is 0 Å². The molecular formula is C15H24N2O3. The molecule has 1 aromatic carbocycles. The van der Waals surface area contributed by atoms with Crippen LogP contribution >= 0.6 is 0 Å². The van der Waals surface area contributed by atoms with Crippen LogP contribution in [0.15, 0.2) is 18.2 Å². The minimum Gasteiger partial charge on any atom is -0.496 e. The standard InChI is InChI=1S/C15H24N2O3/c1-15(2,7-8-19-3)10-17-14(18)12-6-5-11(16)9-13(12)20-4/h5-6,9H,7-8,10,16H2,1-4H3,(H,17,18). The molecule has 0 spiro atoms. The van der Waals surface area contributed by atoms with Gasteiger partial charge in [0.25, 0.3) is 5.91 Å². The van der Waals surface area contributed by atoms with Crippen LogP contribution in [0.5, 0.6) is 5.75 Å². The molecule has 3 N–H and O–H groups in total. The van der Waals surface area contributed by atoms with Crippen LogP contribution < -0.4 is 15.8 Å². The molecule has 5 heteroatoms. The van der Waals surface area contributed by atoms with Crippen molar-refractivity contribution in [1.29, 1.82) is 0 Å². The number of benzene rings is 1. The van der Waals surface area contributed by atoms with Gasteiger partial charge in [0.05, 0.1) is 12.7 Å². The second-order valence-electron chi connectivity index (χ2n) is 5.55. The lowest BCUT2D eigenvalue weighted by Gasteiger charge is -2.24. The summed E-state index contributed by atoms with van der Waals surface area (Å²) in [6.07, 6.45) is 0.878. The Hall–Kier alpha value is -1.75. The van der Waals surface area contributed by atoms with E-state index in [-0.39, 0.29) is 11.3 Å². The number of hydrogen-bond donors (Lipinski definition) is 2. The summed E-state index contributed by atoms with van der Waals surface area (Å²) >= 11 is 0. The molecule has 0 aromatic heterocycles. The molecule has 5 nitrogen and oxygen atoms in total. The molecule has 0 atom stereocenters. The maximum Gasteiger partial charge on any atom is 0.255 e. The average molecular weight is 280 g/mol. The normalized spacial score (nSPS) is 11.2. The molecule has 1 rings (SSSR count). The predicted octanol–water partition coefficient (Wildman–Crippen LogP) is 2.07. The van der Waals surface area contributed by atoms with E-state index in [4.69, 9.17) is 15.2 Å². The Bertz CT molecular complexity index is 458. The molecule has 0 aliphatic rings. The van der Waals surface area contributed by atoms with E-state index in [0.717, 1.165) is 6.42 Å². The van der Waals surface area contributed by atoms with Gasteiger partial charge < -0.3 is 20.5 Å². The van der Waals surface area contributed by atoms with Crippen molar-refractivity contribution >= 4 is 11.6 Å². The molecule has 0 saturated carbocycles. The van der Waals surface area contributed by atoms with E-state index in [1.807, 2.05) is 0 Å². The smallest absolute Gasteiger partial charge is 0.255 e. The molecule has 1 amide bonds. The zero-order chi connectivity index (χ0) is 15.2. The summed E-state index contributed by atoms with van der Waals surface area (Å²) in [5, 5.41) is 2.93. The number of ether oxygens (including phenoxy) is 2. The van der Waals surface area contributed by atoms with E-state index >= 15 is 0 Å². The van der Waals surface area contributed by atoms with Crippen molar-refractivity contribution in [2.24, 2.45) is 5.41 Å². The Balaban J connectivity index is 2.67. The van der Waals surface area contributed by atoms with Crippen LogP contribution in [0.2, 0.25) is 0 Å². The van der Waals surface area contributed by atoms with Crippen molar-refractivity contribution in [2.45, 2.75) is 20.3 Å². The number of nitrogens with two attached hydrogens (primary N) is 1. The van der Waals surface area contributed by atoms with Crippen molar-refractivity contribution < 1.29 is 14.3 Å². The number of nitrogen functional groups attached to an aromatic ring is 1. The second-order valence-corrected chi connectivity index (χ2v) is 5.55. The van der Waals surface area contributed by atoms with Gasteiger partial charge in [-0.15, -0.1) is 0 Å². The molecule has 1 aromatic rings.